The second kappa shape index (κ2) is 11.0. The molecule has 176 valence electrons. The van der Waals surface area contributed by atoms with Crippen molar-refractivity contribution in [1.29, 1.82) is 0 Å². The van der Waals surface area contributed by atoms with Crippen molar-refractivity contribution in [2.24, 2.45) is 0 Å². The molecule has 0 radical (unpaired) electrons. The van der Waals surface area contributed by atoms with E-state index in [4.69, 9.17) is 9.72 Å². The molecular formula is C29H33N3O2. The van der Waals surface area contributed by atoms with Crippen LogP contribution in [0.25, 0.3) is 11.0 Å². The molecule has 4 aromatic rings. The van der Waals surface area contributed by atoms with Crippen LogP contribution >= 0.6 is 0 Å². The molecule has 0 spiro atoms. The Morgan fingerprint density at radius 3 is 2.53 bits per heavy atom. The number of aryl methyl sites for hydroxylation is 5. The standard InChI is InChI=1S/C29H33N3O2/c1-21-11-14-24(15-12-21)29(33)30-17-6-10-28-31-26-8-4-5-9-27(26)32(28)18-7-19-34-25-16-13-22(2)23(3)20-25/h4-5,8-9,11-16,20H,6-7,10,17-19H2,1-3H3,(H,30,33). The van der Waals surface area contributed by atoms with Crippen LogP contribution in [0.1, 0.15) is 45.7 Å². The van der Waals surface area contributed by atoms with E-state index in [0.717, 1.165) is 54.0 Å². The SMILES string of the molecule is Cc1ccc(C(=O)NCCCc2nc3ccccc3n2CCCOc2ccc(C)c(C)c2)cc1. The van der Waals surface area contributed by atoms with Crippen LogP contribution in [0.2, 0.25) is 0 Å². The molecule has 4 rings (SSSR count). The van der Waals surface area contributed by atoms with Gasteiger partial charge >= 0.3 is 0 Å². The number of carbonyl (C=O) groups is 1. The molecule has 0 unspecified atom stereocenters. The fraction of sp³-hybridized carbons (Fsp3) is 0.310. The number of amides is 1. The number of para-hydroxylation sites is 2. The van der Waals surface area contributed by atoms with Gasteiger partial charge in [-0.2, -0.15) is 0 Å². The molecule has 0 aliphatic carbocycles. The first-order valence-electron chi connectivity index (χ1n) is 12.0. The Labute approximate surface area is 201 Å². The largest absolute Gasteiger partial charge is 0.494 e. The van der Waals surface area contributed by atoms with Gasteiger partial charge in [-0.15, -0.1) is 0 Å². The number of nitrogens with one attached hydrogen (secondary N) is 1. The van der Waals surface area contributed by atoms with Crippen molar-refractivity contribution >= 4 is 16.9 Å². The van der Waals surface area contributed by atoms with Crippen molar-refractivity contribution < 1.29 is 9.53 Å². The van der Waals surface area contributed by atoms with Gasteiger partial charge in [0.1, 0.15) is 11.6 Å². The highest BCUT2D eigenvalue weighted by Crippen LogP contribution is 2.19. The van der Waals surface area contributed by atoms with Crippen LogP contribution in [0.3, 0.4) is 0 Å². The van der Waals surface area contributed by atoms with E-state index in [1.807, 2.05) is 43.3 Å². The predicted octanol–water partition coefficient (Wildman–Crippen LogP) is 5.79. The number of carbonyl (C=O) groups excluding carboxylic acids is 1. The molecule has 1 aromatic heterocycles. The Morgan fingerprint density at radius 2 is 1.74 bits per heavy atom. The number of benzene rings is 3. The molecule has 0 aliphatic rings. The van der Waals surface area contributed by atoms with Gasteiger partial charge in [-0.3, -0.25) is 4.79 Å². The lowest BCUT2D eigenvalue weighted by atomic mass is 10.1. The third kappa shape index (κ3) is 5.84. The van der Waals surface area contributed by atoms with E-state index in [0.29, 0.717) is 18.7 Å². The summed E-state index contributed by atoms with van der Waals surface area (Å²) in [5, 5.41) is 3.02. The number of imidazole rings is 1. The Bertz CT molecular complexity index is 1260. The molecule has 1 N–H and O–H groups in total. The van der Waals surface area contributed by atoms with Gasteiger partial charge in [0.2, 0.25) is 0 Å². The molecular weight excluding hydrogens is 422 g/mol. The van der Waals surface area contributed by atoms with Crippen molar-refractivity contribution in [1.82, 2.24) is 14.9 Å². The summed E-state index contributed by atoms with van der Waals surface area (Å²) < 4.78 is 8.28. The summed E-state index contributed by atoms with van der Waals surface area (Å²) in [7, 11) is 0. The molecule has 0 fully saturated rings. The number of nitrogens with zero attached hydrogens (tertiary/aromatic N) is 2. The molecule has 3 aromatic carbocycles. The molecule has 5 nitrogen and oxygen atoms in total. The summed E-state index contributed by atoms with van der Waals surface area (Å²) in [5.41, 5.74) is 6.52. The van der Waals surface area contributed by atoms with Crippen LogP contribution in [-0.2, 0) is 13.0 Å². The third-order valence-electron chi connectivity index (χ3n) is 6.18. The summed E-state index contributed by atoms with van der Waals surface area (Å²) in [6.07, 6.45) is 2.53. The fourth-order valence-corrected chi connectivity index (χ4v) is 4.04. The molecule has 0 saturated heterocycles. The van der Waals surface area contributed by atoms with Gasteiger partial charge in [0.15, 0.2) is 0 Å². The van der Waals surface area contributed by atoms with Crippen molar-refractivity contribution in [3.05, 3.63) is 94.8 Å². The van der Waals surface area contributed by atoms with Crippen LogP contribution in [-0.4, -0.2) is 28.6 Å². The summed E-state index contributed by atoms with van der Waals surface area (Å²) in [6, 6.07) is 22.1. The first-order chi connectivity index (χ1) is 16.5. The lowest BCUT2D eigenvalue weighted by molar-refractivity contribution is 0.0953. The van der Waals surface area contributed by atoms with Crippen LogP contribution in [0, 0.1) is 20.8 Å². The monoisotopic (exact) mass is 455 g/mol. The van der Waals surface area contributed by atoms with Gasteiger partial charge in [0.25, 0.3) is 5.91 Å². The van der Waals surface area contributed by atoms with Crippen LogP contribution in [0.5, 0.6) is 5.75 Å². The maximum Gasteiger partial charge on any atom is 0.251 e. The Morgan fingerprint density at radius 1 is 0.941 bits per heavy atom. The molecule has 34 heavy (non-hydrogen) atoms. The van der Waals surface area contributed by atoms with Crippen LogP contribution in [0.15, 0.2) is 66.7 Å². The van der Waals surface area contributed by atoms with Gasteiger partial charge in [-0.25, -0.2) is 4.98 Å². The second-order valence-corrected chi connectivity index (χ2v) is 8.84. The summed E-state index contributed by atoms with van der Waals surface area (Å²) >= 11 is 0. The summed E-state index contributed by atoms with van der Waals surface area (Å²) in [6.45, 7) is 8.35. The molecule has 1 heterocycles. The Kier molecular flexibility index (Phi) is 7.63. The zero-order valence-electron chi connectivity index (χ0n) is 20.3. The van der Waals surface area contributed by atoms with E-state index in [9.17, 15) is 4.79 Å². The average molecular weight is 456 g/mol. The van der Waals surface area contributed by atoms with E-state index in [2.05, 4.69) is 54.1 Å². The van der Waals surface area contributed by atoms with E-state index in [1.54, 1.807) is 0 Å². The van der Waals surface area contributed by atoms with Crippen molar-refractivity contribution in [3.63, 3.8) is 0 Å². The molecule has 5 heteroatoms. The topological polar surface area (TPSA) is 56.2 Å². The van der Waals surface area contributed by atoms with Crippen molar-refractivity contribution in [2.45, 2.75) is 46.6 Å². The molecule has 0 saturated carbocycles. The van der Waals surface area contributed by atoms with Gasteiger partial charge in [-0.05, 0) is 81.1 Å². The van der Waals surface area contributed by atoms with Gasteiger partial charge < -0.3 is 14.6 Å². The lowest BCUT2D eigenvalue weighted by Crippen LogP contribution is -2.25. The van der Waals surface area contributed by atoms with Crippen molar-refractivity contribution in [2.75, 3.05) is 13.2 Å². The number of rotatable bonds is 10. The summed E-state index contributed by atoms with van der Waals surface area (Å²) in [4.78, 5) is 17.2. The first-order valence-corrected chi connectivity index (χ1v) is 12.0. The molecule has 0 aliphatic heterocycles. The smallest absolute Gasteiger partial charge is 0.251 e. The predicted molar refractivity (Wildman–Crippen MR) is 138 cm³/mol. The third-order valence-corrected chi connectivity index (χ3v) is 6.18. The number of ether oxygens (including phenoxy) is 1. The number of fused-ring (bicyclic) bond motifs is 1. The fourth-order valence-electron chi connectivity index (χ4n) is 4.04. The van der Waals surface area contributed by atoms with Crippen LogP contribution in [0.4, 0.5) is 0 Å². The second-order valence-electron chi connectivity index (χ2n) is 8.84. The van der Waals surface area contributed by atoms with Gasteiger partial charge in [0.05, 0.1) is 17.6 Å². The summed E-state index contributed by atoms with van der Waals surface area (Å²) in [5.74, 6) is 1.94. The quantitative estimate of drug-likeness (QED) is 0.308. The van der Waals surface area contributed by atoms with E-state index >= 15 is 0 Å². The minimum Gasteiger partial charge on any atom is -0.494 e. The maximum atomic E-state index is 12.4. The van der Waals surface area contributed by atoms with E-state index in [-0.39, 0.29) is 5.91 Å². The molecule has 0 bridgehead atoms. The highest BCUT2D eigenvalue weighted by atomic mass is 16.5. The Balaban J connectivity index is 1.32. The minimum atomic E-state index is -0.0306. The highest BCUT2D eigenvalue weighted by molar-refractivity contribution is 5.94. The van der Waals surface area contributed by atoms with Crippen molar-refractivity contribution in [3.8, 4) is 5.75 Å². The van der Waals surface area contributed by atoms with E-state index < -0.39 is 0 Å². The minimum absolute atomic E-state index is 0.0306. The average Bonchev–Trinajstić information content (AvgIpc) is 3.19. The molecule has 0 atom stereocenters. The normalized spacial score (nSPS) is 11.0. The zero-order chi connectivity index (χ0) is 23.9. The number of hydrogen-bond acceptors (Lipinski definition) is 3. The highest BCUT2D eigenvalue weighted by Gasteiger charge is 2.11. The van der Waals surface area contributed by atoms with Gasteiger partial charge in [-0.1, -0.05) is 35.9 Å². The Hall–Kier alpha value is -3.60. The van der Waals surface area contributed by atoms with Crippen LogP contribution < -0.4 is 10.1 Å². The molecule has 1 amide bonds. The maximum absolute atomic E-state index is 12.4. The zero-order valence-corrected chi connectivity index (χ0v) is 20.3. The van der Waals surface area contributed by atoms with Gasteiger partial charge in [0, 0.05) is 25.1 Å². The number of hydrogen-bond donors (Lipinski definition) is 1. The number of aromatic nitrogens is 2. The first kappa shape index (κ1) is 23.6. The lowest BCUT2D eigenvalue weighted by Gasteiger charge is -2.12. The van der Waals surface area contributed by atoms with E-state index in [1.165, 1.54) is 11.1 Å².